The fourth-order valence-electron chi connectivity index (χ4n) is 3.48. The number of rotatable bonds is 4. The van der Waals surface area contributed by atoms with Crippen LogP contribution >= 0.6 is 11.3 Å². The van der Waals surface area contributed by atoms with Crippen LogP contribution in [0, 0.1) is 0 Å². The molecule has 1 N–H and O–H groups in total. The van der Waals surface area contributed by atoms with Gasteiger partial charge in [0.15, 0.2) is 0 Å². The molecular weight excluding hydrogens is 274 g/mol. The lowest BCUT2D eigenvalue weighted by Gasteiger charge is -2.37. The molecule has 1 nitrogen and oxygen atoms in total. The highest BCUT2D eigenvalue weighted by Crippen LogP contribution is 2.41. The Morgan fingerprint density at radius 3 is 2.86 bits per heavy atom. The van der Waals surface area contributed by atoms with Crippen LogP contribution in [0.25, 0.3) is 0 Å². The SMILES string of the molecule is CCc1ccsc1CNC1CCC(C)(C)c2ccccc21. The van der Waals surface area contributed by atoms with Gasteiger partial charge in [-0.2, -0.15) is 0 Å². The van der Waals surface area contributed by atoms with Gasteiger partial charge in [0.2, 0.25) is 0 Å². The van der Waals surface area contributed by atoms with Crippen LogP contribution in [0.2, 0.25) is 0 Å². The summed E-state index contributed by atoms with van der Waals surface area (Å²) in [6.07, 6.45) is 3.62. The Labute approximate surface area is 132 Å². The van der Waals surface area contributed by atoms with Crippen molar-refractivity contribution in [2.75, 3.05) is 0 Å². The Bertz CT molecular complexity index is 612. The first kappa shape index (κ1) is 14.8. The first-order chi connectivity index (χ1) is 10.1. The van der Waals surface area contributed by atoms with Gasteiger partial charge in [0.25, 0.3) is 0 Å². The van der Waals surface area contributed by atoms with Gasteiger partial charge < -0.3 is 5.32 Å². The van der Waals surface area contributed by atoms with Gasteiger partial charge in [-0.25, -0.2) is 0 Å². The monoisotopic (exact) mass is 299 g/mol. The molecule has 0 fully saturated rings. The molecule has 3 rings (SSSR count). The number of nitrogens with one attached hydrogen (secondary N) is 1. The number of hydrogen-bond donors (Lipinski definition) is 1. The van der Waals surface area contributed by atoms with Crippen molar-refractivity contribution in [3.63, 3.8) is 0 Å². The summed E-state index contributed by atoms with van der Waals surface area (Å²) in [5.41, 5.74) is 4.84. The van der Waals surface area contributed by atoms with Crippen molar-refractivity contribution >= 4 is 11.3 Å². The van der Waals surface area contributed by atoms with E-state index >= 15 is 0 Å². The standard InChI is InChI=1S/C19H25NS/c1-4-14-10-12-21-18(14)13-20-17-9-11-19(2,3)16-8-6-5-7-15(16)17/h5-8,10,12,17,20H,4,9,11,13H2,1-3H3. The molecule has 0 amide bonds. The average Bonchev–Trinajstić information content (AvgIpc) is 2.94. The van der Waals surface area contributed by atoms with E-state index in [0.29, 0.717) is 11.5 Å². The zero-order valence-electron chi connectivity index (χ0n) is 13.3. The molecule has 0 spiro atoms. The highest BCUT2D eigenvalue weighted by Gasteiger charge is 2.31. The first-order valence-electron chi connectivity index (χ1n) is 8.00. The molecule has 1 atom stereocenters. The van der Waals surface area contributed by atoms with E-state index in [1.807, 2.05) is 11.3 Å². The van der Waals surface area contributed by atoms with Crippen LogP contribution in [0.3, 0.4) is 0 Å². The maximum absolute atomic E-state index is 3.80. The molecular formula is C19H25NS. The second-order valence-electron chi connectivity index (χ2n) is 6.67. The Morgan fingerprint density at radius 1 is 1.24 bits per heavy atom. The quantitative estimate of drug-likeness (QED) is 0.817. The second kappa shape index (κ2) is 5.94. The number of aryl methyl sites for hydroxylation is 1. The Balaban J connectivity index is 1.78. The first-order valence-corrected chi connectivity index (χ1v) is 8.88. The third-order valence-corrected chi connectivity index (χ3v) is 5.81. The van der Waals surface area contributed by atoms with Crippen molar-refractivity contribution in [2.45, 2.75) is 58.0 Å². The van der Waals surface area contributed by atoms with Crippen LogP contribution in [-0.2, 0) is 18.4 Å². The summed E-state index contributed by atoms with van der Waals surface area (Å²) in [6, 6.07) is 11.7. The predicted molar refractivity (Wildman–Crippen MR) is 92.0 cm³/mol. The van der Waals surface area contributed by atoms with Gasteiger partial charge >= 0.3 is 0 Å². The summed E-state index contributed by atoms with van der Waals surface area (Å²) >= 11 is 1.88. The minimum atomic E-state index is 0.312. The summed E-state index contributed by atoms with van der Waals surface area (Å²) in [5.74, 6) is 0. The predicted octanol–water partition coefficient (Wildman–Crippen LogP) is 5.21. The number of fused-ring (bicyclic) bond motifs is 1. The summed E-state index contributed by atoms with van der Waals surface area (Å²) in [4.78, 5) is 1.50. The second-order valence-corrected chi connectivity index (χ2v) is 7.67. The summed E-state index contributed by atoms with van der Waals surface area (Å²) in [6.45, 7) is 7.98. The summed E-state index contributed by atoms with van der Waals surface area (Å²) in [7, 11) is 0. The lowest BCUT2D eigenvalue weighted by Crippen LogP contribution is -2.32. The Hall–Kier alpha value is -1.12. The third-order valence-electron chi connectivity index (χ3n) is 4.85. The Morgan fingerprint density at radius 2 is 2.05 bits per heavy atom. The average molecular weight is 299 g/mol. The molecule has 1 heterocycles. The van der Waals surface area contributed by atoms with Gasteiger partial charge in [-0.05, 0) is 52.8 Å². The van der Waals surface area contributed by atoms with Gasteiger partial charge in [0.1, 0.15) is 0 Å². The van der Waals surface area contributed by atoms with Crippen molar-refractivity contribution in [1.82, 2.24) is 5.32 Å². The number of thiophene rings is 1. The maximum Gasteiger partial charge on any atom is 0.0326 e. The van der Waals surface area contributed by atoms with Crippen LogP contribution in [-0.4, -0.2) is 0 Å². The van der Waals surface area contributed by atoms with Crippen LogP contribution < -0.4 is 5.32 Å². The zero-order valence-corrected chi connectivity index (χ0v) is 14.1. The lowest BCUT2D eigenvalue weighted by atomic mass is 9.71. The minimum absolute atomic E-state index is 0.312. The van der Waals surface area contributed by atoms with Crippen molar-refractivity contribution in [2.24, 2.45) is 0 Å². The molecule has 2 aromatic rings. The minimum Gasteiger partial charge on any atom is -0.305 e. The molecule has 1 aromatic carbocycles. The molecule has 2 heteroatoms. The van der Waals surface area contributed by atoms with Gasteiger partial charge in [-0.3, -0.25) is 0 Å². The van der Waals surface area contributed by atoms with Crippen LogP contribution in [0.5, 0.6) is 0 Å². The van der Waals surface area contributed by atoms with E-state index in [4.69, 9.17) is 0 Å². The number of hydrogen-bond acceptors (Lipinski definition) is 2. The Kier molecular flexibility index (Phi) is 4.19. The molecule has 1 aliphatic carbocycles. The normalized spacial score (nSPS) is 20.2. The van der Waals surface area contributed by atoms with Crippen molar-refractivity contribution in [1.29, 1.82) is 0 Å². The fourth-order valence-corrected chi connectivity index (χ4v) is 4.40. The van der Waals surface area contributed by atoms with Gasteiger partial charge in [-0.15, -0.1) is 11.3 Å². The third kappa shape index (κ3) is 2.93. The molecule has 0 aliphatic heterocycles. The zero-order chi connectivity index (χ0) is 14.9. The number of benzene rings is 1. The van der Waals surface area contributed by atoms with Crippen molar-refractivity contribution in [3.8, 4) is 0 Å². The molecule has 112 valence electrons. The molecule has 1 unspecified atom stereocenters. The lowest BCUT2D eigenvalue weighted by molar-refractivity contribution is 0.358. The molecule has 0 saturated carbocycles. The van der Waals surface area contributed by atoms with Crippen LogP contribution in [0.1, 0.15) is 61.2 Å². The molecule has 21 heavy (non-hydrogen) atoms. The van der Waals surface area contributed by atoms with E-state index < -0.39 is 0 Å². The molecule has 0 radical (unpaired) electrons. The van der Waals surface area contributed by atoms with E-state index in [0.717, 1.165) is 13.0 Å². The fraction of sp³-hybridized carbons (Fsp3) is 0.474. The maximum atomic E-state index is 3.80. The highest BCUT2D eigenvalue weighted by atomic mass is 32.1. The van der Waals surface area contributed by atoms with E-state index in [1.165, 1.54) is 34.4 Å². The van der Waals surface area contributed by atoms with Gasteiger partial charge in [0.05, 0.1) is 0 Å². The van der Waals surface area contributed by atoms with Crippen LogP contribution in [0.15, 0.2) is 35.7 Å². The smallest absolute Gasteiger partial charge is 0.0326 e. The topological polar surface area (TPSA) is 12.0 Å². The largest absolute Gasteiger partial charge is 0.305 e. The van der Waals surface area contributed by atoms with E-state index in [2.05, 4.69) is 61.8 Å². The highest BCUT2D eigenvalue weighted by molar-refractivity contribution is 7.10. The van der Waals surface area contributed by atoms with E-state index in [9.17, 15) is 0 Å². The molecule has 1 aliphatic rings. The van der Waals surface area contributed by atoms with Crippen molar-refractivity contribution in [3.05, 3.63) is 57.3 Å². The van der Waals surface area contributed by atoms with Crippen LogP contribution in [0.4, 0.5) is 0 Å². The van der Waals surface area contributed by atoms with Gasteiger partial charge in [0, 0.05) is 17.5 Å². The summed E-state index contributed by atoms with van der Waals surface area (Å²) < 4.78 is 0. The molecule has 0 saturated heterocycles. The summed E-state index contributed by atoms with van der Waals surface area (Å²) in [5, 5.41) is 6.02. The van der Waals surface area contributed by atoms with E-state index in [1.54, 1.807) is 0 Å². The molecule has 0 bridgehead atoms. The molecule has 1 aromatic heterocycles. The van der Waals surface area contributed by atoms with Gasteiger partial charge in [-0.1, -0.05) is 45.0 Å². The van der Waals surface area contributed by atoms with E-state index in [-0.39, 0.29) is 0 Å². The van der Waals surface area contributed by atoms with Crippen molar-refractivity contribution < 1.29 is 0 Å².